The first-order chi connectivity index (χ1) is 16.0. The number of amides is 1. The molecule has 5 rings (SSSR count). The largest absolute Gasteiger partial charge is 0.381 e. The fourth-order valence-electron chi connectivity index (χ4n) is 4.75. The Kier molecular flexibility index (Phi) is 5.68. The zero-order valence-corrected chi connectivity index (χ0v) is 19.2. The zero-order valence-electron chi connectivity index (χ0n) is 18.4. The molecular formula is C25H26ClN5O2. The second-order valence-electron chi connectivity index (χ2n) is 8.73. The summed E-state index contributed by atoms with van der Waals surface area (Å²) in [5.74, 6) is 0.206. The van der Waals surface area contributed by atoms with Crippen molar-refractivity contribution < 1.29 is 9.53 Å². The fourth-order valence-corrected chi connectivity index (χ4v) is 5.13. The molecule has 0 saturated carbocycles. The summed E-state index contributed by atoms with van der Waals surface area (Å²) in [5.41, 5.74) is 7.81. The number of hydrogen-bond acceptors (Lipinski definition) is 6. The van der Waals surface area contributed by atoms with Crippen molar-refractivity contribution in [2.24, 2.45) is 10.7 Å². The second kappa shape index (κ2) is 8.65. The maximum atomic E-state index is 13.2. The number of rotatable bonds is 4. The van der Waals surface area contributed by atoms with E-state index in [1.165, 1.54) is 0 Å². The Morgan fingerprint density at radius 3 is 2.70 bits per heavy atom. The number of carbonyl (C=O) groups excluding carboxylic acids is 1. The smallest absolute Gasteiger partial charge is 0.232 e. The lowest BCUT2D eigenvalue weighted by Gasteiger charge is -2.40. The molecule has 3 N–H and O–H groups in total. The first-order valence-corrected chi connectivity index (χ1v) is 11.5. The van der Waals surface area contributed by atoms with Gasteiger partial charge in [-0.25, -0.2) is 4.99 Å². The lowest BCUT2D eigenvalue weighted by Crippen LogP contribution is -2.55. The highest BCUT2D eigenvalue weighted by Gasteiger charge is 2.41. The predicted molar refractivity (Wildman–Crippen MR) is 131 cm³/mol. The first kappa shape index (κ1) is 21.7. The maximum Gasteiger partial charge on any atom is 0.232 e. The van der Waals surface area contributed by atoms with E-state index in [-0.39, 0.29) is 24.3 Å². The summed E-state index contributed by atoms with van der Waals surface area (Å²) in [7, 11) is 0. The van der Waals surface area contributed by atoms with E-state index in [2.05, 4.69) is 10.3 Å². The number of nitrogens with two attached hydrogens (primary N) is 1. The number of nitrogens with one attached hydrogen (secondary N) is 1. The van der Waals surface area contributed by atoms with E-state index in [0.29, 0.717) is 18.2 Å². The molecule has 2 aromatic carbocycles. The molecule has 8 heteroatoms. The third-order valence-corrected chi connectivity index (χ3v) is 6.85. The molecule has 170 valence electrons. The highest BCUT2D eigenvalue weighted by Crippen LogP contribution is 2.41. The number of halogens is 1. The summed E-state index contributed by atoms with van der Waals surface area (Å²) in [6.45, 7) is 3.16. The Hall–Kier alpha value is -3.16. The minimum Gasteiger partial charge on any atom is -0.381 e. The van der Waals surface area contributed by atoms with Gasteiger partial charge < -0.3 is 15.8 Å². The average molecular weight is 464 g/mol. The van der Waals surface area contributed by atoms with Gasteiger partial charge in [-0.3, -0.25) is 14.7 Å². The Morgan fingerprint density at radius 1 is 1.12 bits per heavy atom. The monoisotopic (exact) mass is 463 g/mol. The molecular weight excluding hydrogens is 438 g/mol. The number of ether oxygens (including phenoxy) is 1. The van der Waals surface area contributed by atoms with Crippen LogP contribution in [-0.4, -0.2) is 41.0 Å². The van der Waals surface area contributed by atoms with Crippen molar-refractivity contribution in [2.45, 2.75) is 37.8 Å². The number of benzene rings is 2. The van der Waals surface area contributed by atoms with E-state index in [4.69, 9.17) is 27.1 Å². The molecule has 0 unspecified atom stereocenters. The Balaban J connectivity index is 1.48. The standard InChI is InChI=1S/C25H26ClN5O2/c1-25(13-22(32)31(24(27)30-25)17-9-11-33-12-10-17)19-7-4-8-20(23(19)26)29-21-15-28-14-16-5-2-3-6-18(16)21/h2-8,14-15,17,29H,9-13H2,1H3,(H2,27,30)/t25-/m0/s1. The predicted octanol–water partition coefficient (Wildman–Crippen LogP) is 4.57. The third kappa shape index (κ3) is 4.03. The third-order valence-electron chi connectivity index (χ3n) is 6.44. The van der Waals surface area contributed by atoms with E-state index < -0.39 is 5.54 Å². The van der Waals surface area contributed by atoms with Crippen LogP contribution in [0.3, 0.4) is 0 Å². The average Bonchev–Trinajstić information content (AvgIpc) is 2.81. The van der Waals surface area contributed by atoms with Crippen molar-refractivity contribution in [3.05, 3.63) is 65.4 Å². The van der Waals surface area contributed by atoms with E-state index >= 15 is 0 Å². The minimum absolute atomic E-state index is 0.0295. The van der Waals surface area contributed by atoms with Gasteiger partial charge >= 0.3 is 0 Å². The van der Waals surface area contributed by atoms with Crippen molar-refractivity contribution in [2.75, 3.05) is 18.5 Å². The fraction of sp³-hybridized carbons (Fsp3) is 0.320. The van der Waals surface area contributed by atoms with E-state index in [9.17, 15) is 4.79 Å². The maximum absolute atomic E-state index is 13.2. The van der Waals surface area contributed by atoms with E-state index in [0.717, 1.165) is 40.6 Å². The highest BCUT2D eigenvalue weighted by atomic mass is 35.5. The van der Waals surface area contributed by atoms with Crippen LogP contribution in [0, 0.1) is 0 Å². The summed E-state index contributed by atoms with van der Waals surface area (Å²) in [5, 5.41) is 6.00. The van der Waals surface area contributed by atoms with Gasteiger partial charge in [0, 0.05) is 41.8 Å². The molecule has 1 atom stereocenters. The Morgan fingerprint density at radius 2 is 1.91 bits per heavy atom. The molecule has 1 saturated heterocycles. The van der Waals surface area contributed by atoms with Crippen molar-refractivity contribution in [3.63, 3.8) is 0 Å². The summed E-state index contributed by atoms with van der Waals surface area (Å²) < 4.78 is 5.43. The SMILES string of the molecule is C[C@@]1(c2cccc(Nc3cncc4ccccc34)c2Cl)CC(=O)N(C2CCOCC2)C(N)=N1. The highest BCUT2D eigenvalue weighted by molar-refractivity contribution is 6.34. The van der Waals surface area contributed by atoms with Crippen LogP contribution in [0.4, 0.5) is 11.4 Å². The topological polar surface area (TPSA) is 92.8 Å². The van der Waals surface area contributed by atoms with Crippen LogP contribution >= 0.6 is 11.6 Å². The summed E-state index contributed by atoms with van der Waals surface area (Å²) in [6, 6.07) is 13.8. The van der Waals surface area contributed by atoms with Crippen molar-refractivity contribution in [1.29, 1.82) is 0 Å². The quantitative estimate of drug-likeness (QED) is 0.591. The van der Waals surface area contributed by atoms with E-state index in [1.54, 1.807) is 11.1 Å². The lowest BCUT2D eigenvalue weighted by atomic mass is 9.86. The van der Waals surface area contributed by atoms with Gasteiger partial charge in [0.2, 0.25) is 5.91 Å². The number of aliphatic imine (C=N–C) groups is 1. The van der Waals surface area contributed by atoms with Gasteiger partial charge in [-0.05, 0) is 25.8 Å². The van der Waals surface area contributed by atoms with Crippen molar-refractivity contribution >= 4 is 45.6 Å². The zero-order chi connectivity index (χ0) is 23.0. The lowest BCUT2D eigenvalue weighted by molar-refractivity contribution is -0.132. The molecule has 7 nitrogen and oxygen atoms in total. The summed E-state index contributed by atoms with van der Waals surface area (Å²) in [6.07, 6.45) is 5.33. The first-order valence-electron chi connectivity index (χ1n) is 11.1. The number of pyridine rings is 1. The Bertz CT molecular complexity index is 1240. The van der Waals surface area contributed by atoms with Crippen molar-refractivity contribution in [3.8, 4) is 0 Å². The molecule has 2 aliphatic rings. The van der Waals surface area contributed by atoms with Crippen LogP contribution in [-0.2, 0) is 15.1 Å². The number of aromatic nitrogens is 1. The number of anilines is 2. The number of carbonyl (C=O) groups is 1. The molecule has 0 spiro atoms. The van der Waals surface area contributed by atoms with Crippen LogP contribution in [0.1, 0.15) is 31.7 Å². The van der Waals surface area contributed by atoms with Gasteiger partial charge in [0.25, 0.3) is 0 Å². The molecule has 0 aliphatic carbocycles. The normalized spacial score (nSPS) is 21.8. The van der Waals surface area contributed by atoms with Crippen LogP contribution < -0.4 is 11.1 Å². The molecule has 1 fully saturated rings. The molecule has 2 aliphatic heterocycles. The number of hydrogen-bond donors (Lipinski definition) is 2. The molecule has 3 heterocycles. The number of nitrogens with zero attached hydrogens (tertiary/aromatic N) is 3. The van der Waals surface area contributed by atoms with E-state index in [1.807, 2.05) is 55.6 Å². The van der Waals surface area contributed by atoms with Crippen molar-refractivity contribution in [1.82, 2.24) is 9.88 Å². The van der Waals surface area contributed by atoms with Gasteiger partial charge in [0.1, 0.15) is 0 Å². The molecule has 3 aromatic rings. The molecule has 0 radical (unpaired) electrons. The summed E-state index contributed by atoms with van der Waals surface area (Å²) in [4.78, 5) is 23.9. The number of guanidine groups is 1. The van der Waals surface area contributed by atoms with Gasteiger partial charge in [0.15, 0.2) is 5.96 Å². The van der Waals surface area contributed by atoms with Crippen LogP contribution in [0.25, 0.3) is 10.8 Å². The summed E-state index contributed by atoms with van der Waals surface area (Å²) >= 11 is 6.88. The van der Waals surface area contributed by atoms with Gasteiger partial charge in [0.05, 0.1) is 34.6 Å². The minimum atomic E-state index is -0.853. The van der Waals surface area contributed by atoms with Gasteiger partial charge in [-0.1, -0.05) is 48.0 Å². The van der Waals surface area contributed by atoms with Crippen LogP contribution in [0.2, 0.25) is 5.02 Å². The molecule has 33 heavy (non-hydrogen) atoms. The van der Waals surface area contributed by atoms with Crippen LogP contribution in [0.5, 0.6) is 0 Å². The molecule has 0 bridgehead atoms. The van der Waals surface area contributed by atoms with Gasteiger partial charge in [-0.2, -0.15) is 0 Å². The Labute approximate surface area is 197 Å². The molecule has 1 aromatic heterocycles. The molecule has 1 amide bonds. The second-order valence-corrected chi connectivity index (χ2v) is 9.11. The van der Waals surface area contributed by atoms with Gasteiger partial charge in [-0.15, -0.1) is 0 Å². The van der Waals surface area contributed by atoms with Crippen LogP contribution in [0.15, 0.2) is 59.9 Å². The number of fused-ring (bicyclic) bond motifs is 1.